The number of nitrogens with zero attached hydrogens (tertiary/aromatic N) is 1. The highest BCUT2D eigenvalue weighted by molar-refractivity contribution is 7.14. The minimum atomic E-state index is -0.468. The lowest BCUT2D eigenvalue weighted by atomic mass is 10.1. The molecule has 25 heavy (non-hydrogen) atoms. The number of hydrogen-bond donors (Lipinski definition) is 3. The minimum absolute atomic E-state index is 0.0896. The summed E-state index contributed by atoms with van der Waals surface area (Å²) in [5.74, 6) is -0.996. The van der Waals surface area contributed by atoms with Crippen LogP contribution in [0.3, 0.4) is 0 Å². The molecule has 0 spiro atoms. The molecule has 0 aliphatic carbocycles. The van der Waals surface area contributed by atoms with Gasteiger partial charge in [0.25, 0.3) is 5.91 Å². The average Bonchev–Trinajstić information content (AvgIpc) is 3.25. The van der Waals surface area contributed by atoms with Gasteiger partial charge in [0, 0.05) is 17.1 Å². The summed E-state index contributed by atoms with van der Waals surface area (Å²) >= 11 is 1.25. The molecule has 0 saturated heterocycles. The number of H-pyrrole nitrogens is 1. The molecule has 0 saturated carbocycles. The van der Waals surface area contributed by atoms with E-state index in [1.165, 1.54) is 24.5 Å². The van der Waals surface area contributed by atoms with Crippen LogP contribution >= 0.6 is 11.3 Å². The molecule has 0 aliphatic rings. The second kappa shape index (κ2) is 6.78. The molecule has 3 aromatic rings. The first-order chi connectivity index (χ1) is 12.0. The van der Waals surface area contributed by atoms with Crippen LogP contribution in [-0.4, -0.2) is 34.1 Å². The Kier molecular flexibility index (Phi) is 4.53. The first kappa shape index (κ1) is 16.7. The van der Waals surface area contributed by atoms with E-state index in [-0.39, 0.29) is 11.3 Å². The Morgan fingerprint density at radius 1 is 1.32 bits per heavy atom. The van der Waals surface area contributed by atoms with Crippen LogP contribution in [0.5, 0.6) is 5.75 Å². The number of aromatic amines is 1. The molecule has 3 N–H and O–H groups in total. The number of hydrogen-bond acceptors (Lipinski definition) is 6. The second-order valence-corrected chi connectivity index (χ2v) is 6.16. The summed E-state index contributed by atoms with van der Waals surface area (Å²) in [7, 11) is 1.31. The van der Waals surface area contributed by atoms with Gasteiger partial charge in [-0.2, -0.15) is 0 Å². The van der Waals surface area contributed by atoms with Crippen molar-refractivity contribution in [3.8, 4) is 17.0 Å². The lowest BCUT2D eigenvalue weighted by Crippen LogP contribution is -2.12. The van der Waals surface area contributed by atoms with Gasteiger partial charge in [0.2, 0.25) is 0 Å². The molecule has 0 unspecified atom stereocenters. The van der Waals surface area contributed by atoms with E-state index in [0.29, 0.717) is 22.1 Å². The van der Waals surface area contributed by atoms with Gasteiger partial charge in [-0.05, 0) is 25.1 Å². The predicted molar refractivity (Wildman–Crippen MR) is 94.0 cm³/mol. The van der Waals surface area contributed by atoms with Crippen LogP contribution in [0.1, 0.15) is 26.4 Å². The molecule has 0 bridgehead atoms. The van der Waals surface area contributed by atoms with Gasteiger partial charge in [-0.3, -0.25) is 10.1 Å². The Bertz CT molecular complexity index is 945. The normalized spacial score (nSPS) is 10.5. The number of anilines is 1. The standard InChI is InChI=1S/C17H15N3O4S/c1-9-3-4-14(21)11(5-9)15(22)20-17-19-13(8-25-17)10-6-12(18-7-10)16(23)24-2/h3-8,18,21H,1-2H3,(H,19,20,22). The highest BCUT2D eigenvalue weighted by Crippen LogP contribution is 2.27. The maximum absolute atomic E-state index is 12.3. The van der Waals surface area contributed by atoms with Crippen molar-refractivity contribution in [3.63, 3.8) is 0 Å². The molecule has 3 rings (SSSR count). The molecule has 0 aliphatic heterocycles. The molecular formula is C17H15N3O4S. The summed E-state index contributed by atoms with van der Waals surface area (Å²) in [4.78, 5) is 30.9. The number of nitrogens with one attached hydrogen (secondary N) is 2. The molecular weight excluding hydrogens is 342 g/mol. The number of benzene rings is 1. The smallest absolute Gasteiger partial charge is 0.354 e. The molecule has 0 radical (unpaired) electrons. The fourth-order valence-corrected chi connectivity index (χ4v) is 2.94. The summed E-state index contributed by atoms with van der Waals surface area (Å²) in [5.41, 5.74) is 2.69. The van der Waals surface area contributed by atoms with Crippen molar-refractivity contribution in [1.82, 2.24) is 9.97 Å². The Hall–Kier alpha value is -3.13. The number of phenolic OH excluding ortho intramolecular Hbond substituents is 1. The van der Waals surface area contributed by atoms with Gasteiger partial charge in [0.1, 0.15) is 11.4 Å². The van der Waals surface area contributed by atoms with Crippen molar-refractivity contribution in [2.24, 2.45) is 0 Å². The molecule has 0 fully saturated rings. The third kappa shape index (κ3) is 3.53. The predicted octanol–water partition coefficient (Wildman–Crippen LogP) is 3.19. The number of carbonyl (C=O) groups is 2. The van der Waals surface area contributed by atoms with Crippen LogP contribution in [0.4, 0.5) is 5.13 Å². The van der Waals surface area contributed by atoms with Crippen LogP contribution in [0, 0.1) is 6.92 Å². The Balaban J connectivity index is 1.77. The van der Waals surface area contributed by atoms with E-state index in [0.717, 1.165) is 5.56 Å². The SMILES string of the molecule is COC(=O)c1cc(-c2csc(NC(=O)c3cc(C)ccc3O)n2)c[nH]1. The fraction of sp³-hybridized carbons (Fsp3) is 0.118. The zero-order valence-corrected chi connectivity index (χ0v) is 14.3. The first-order valence-corrected chi connectivity index (χ1v) is 8.19. The van der Waals surface area contributed by atoms with Gasteiger partial charge < -0.3 is 14.8 Å². The molecule has 1 aromatic carbocycles. The lowest BCUT2D eigenvalue weighted by Gasteiger charge is -2.05. The second-order valence-electron chi connectivity index (χ2n) is 5.31. The average molecular weight is 357 g/mol. The number of esters is 1. The summed E-state index contributed by atoms with van der Waals surface area (Å²) in [6, 6.07) is 6.43. The van der Waals surface area contributed by atoms with Crippen molar-refractivity contribution in [3.05, 3.63) is 52.7 Å². The molecule has 7 nitrogen and oxygen atoms in total. The summed E-state index contributed by atoms with van der Waals surface area (Å²) in [6.45, 7) is 1.84. The van der Waals surface area contributed by atoms with Gasteiger partial charge in [-0.1, -0.05) is 11.6 Å². The number of amides is 1. The van der Waals surface area contributed by atoms with E-state index in [1.54, 1.807) is 29.8 Å². The van der Waals surface area contributed by atoms with Gasteiger partial charge in [-0.15, -0.1) is 11.3 Å². The monoisotopic (exact) mass is 357 g/mol. The number of methoxy groups -OCH3 is 1. The molecule has 8 heteroatoms. The molecule has 128 valence electrons. The topological polar surface area (TPSA) is 104 Å². The van der Waals surface area contributed by atoms with Crippen molar-refractivity contribution in [1.29, 1.82) is 0 Å². The van der Waals surface area contributed by atoms with E-state index in [1.807, 2.05) is 6.92 Å². The Morgan fingerprint density at radius 2 is 2.12 bits per heavy atom. The quantitative estimate of drug-likeness (QED) is 0.622. The van der Waals surface area contributed by atoms with Gasteiger partial charge >= 0.3 is 5.97 Å². The van der Waals surface area contributed by atoms with E-state index in [4.69, 9.17) is 0 Å². The Labute approximate surface area is 147 Å². The Morgan fingerprint density at radius 3 is 2.88 bits per heavy atom. The van der Waals surface area contributed by atoms with Crippen LogP contribution in [0.25, 0.3) is 11.3 Å². The number of aromatic nitrogens is 2. The third-order valence-corrected chi connectivity index (χ3v) is 4.26. The van der Waals surface area contributed by atoms with Crippen molar-refractivity contribution in [2.75, 3.05) is 12.4 Å². The summed E-state index contributed by atoms with van der Waals surface area (Å²) in [6.07, 6.45) is 1.64. The van der Waals surface area contributed by atoms with E-state index < -0.39 is 11.9 Å². The van der Waals surface area contributed by atoms with E-state index in [2.05, 4.69) is 20.0 Å². The number of aromatic hydroxyl groups is 1. The molecule has 2 heterocycles. The number of phenols is 1. The fourth-order valence-electron chi connectivity index (χ4n) is 2.23. The third-order valence-electron chi connectivity index (χ3n) is 3.51. The van der Waals surface area contributed by atoms with E-state index in [9.17, 15) is 14.7 Å². The maximum atomic E-state index is 12.3. The largest absolute Gasteiger partial charge is 0.507 e. The number of carbonyl (C=O) groups excluding carboxylic acids is 2. The van der Waals surface area contributed by atoms with Crippen molar-refractivity contribution < 1.29 is 19.4 Å². The highest BCUT2D eigenvalue weighted by Gasteiger charge is 2.15. The van der Waals surface area contributed by atoms with Gasteiger partial charge in [-0.25, -0.2) is 9.78 Å². The van der Waals surface area contributed by atoms with Gasteiger partial charge in [0.05, 0.1) is 18.4 Å². The van der Waals surface area contributed by atoms with Crippen molar-refractivity contribution >= 4 is 28.3 Å². The first-order valence-electron chi connectivity index (χ1n) is 7.31. The zero-order valence-electron chi connectivity index (χ0n) is 13.5. The number of aryl methyl sites for hydroxylation is 1. The highest BCUT2D eigenvalue weighted by atomic mass is 32.1. The van der Waals surface area contributed by atoms with Crippen LogP contribution < -0.4 is 5.32 Å². The molecule has 0 atom stereocenters. The molecule has 2 aromatic heterocycles. The minimum Gasteiger partial charge on any atom is -0.507 e. The number of ether oxygens (including phenoxy) is 1. The van der Waals surface area contributed by atoms with Crippen LogP contribution in [0.2, 0.25) is 0 Å². The van der Waals surface area contributed by atoms with E-state index >= 15 is 0 Å². The summed E-state index contributed by atoms with van der Waals surface area (Å²) in [5, 5.41) is 14.6. The van der Waals surface area contributed by atoms with Crippen LogP contribution in [0.15, 0.2) is 35.8 Å². The molecule has 1 amide bonds. The van der Waals surface area contributed by atoms with Crippen molar-refractivity contribution in [2.45, 2.75) is 6.92 Å². The zero-order chi connectivity index (χ0) is 18.0. The lowest BCUT2D eigenvalue weighted by molar-refractivity contribution is 0.0594. The summed E-state index contributed by atoms with van der Waals surface area (Å²) < 4.78 is 4.64. The maximum Gasteiger partial charge on any atom is 0.354 e. The van der Waals surface area contributed by atoms with Crippen LogP contribution in [-0.2, 0) is 4.74 Å². The number of rotatable bonds is 4. The van der Waals surface area contributed by atoms with Gasteiger partial charge in [0.15, 0.2) is 5.13 Å². The number of thiazole rings is 1.